The van der Waals surface area contributed by atoms with Crippen LogP contribution in [0.3, 0.4) is 0 Å². The number of nitrogens with zero attached hydrogens (tertiary/aromatic N) is 2. The van der Waals surface area contributed by atoms with Crippen molar-refractivity contribution in [1.29, 1.82) is 0 Å². The summed E-state index contributed by atoms with van der Waals surface area (Å²) in [6.07, 6.45) is 3.76. The van der Waals surface area contributed by atoms with Gasteiger partial charge < -0.3 is 14.8 Å². The van der Waals surface area contributed by atoms with E-state index in [1.165, 1.54) is 0 Å². The Bertz CT molecular complexity index is 526. The molecule has 1 heterocycles. The molecule has 0 aliphatic carbocycles. The first-order valence-corrected chi connectivity index (χ1v) is 6.64. The van der Waals surface area contributed by atoms with Gasteiger partial charge in [0.2, 0.25) is 0 Å². The lowest BCUT2D eigenvalue weighted by Gasteiger charge is -2.16. The Kier molecular flexibility index (Phi) is 5.01. The zero-order chi connectivity index (χ0) is 14.4. The van der Waals surface area contributed by atoms with Crippen molar-refractivity contribution in [3.63, 3.8) is 0 Å². The van der Waals surface area contributed by atoms with Crippen LogP contribution in [0.1, 0.15) is 12.5 Å². The van der Waals surface area contributed by atoms with E-state index in [2.05, 4.69) is 17.3 Å². The van der Waals surface area contributed by atoms with Crippen molar-refractivity contribution in [2.45, 2.75) is 26.1 Å². The van der Waals surface area contributed by atoms with Gasteiger partial charge >= 0.3 is 0 Å². The highest BCUT2D eigenvalue weighted by Crippen LogP contribution is 2.24. The highest BCUT2D eigenvalue weighted by atomic mass is 16.5. The third-order valence-corrected chi connectivity index (χ3v) is 3.16. The van der Waals surface area contributed by atoms with Gasteiger partial charge in [0.05, 0.1) is 20.8 Å². The average molecular weight is 275 g/mol. The van der Waals surface area contributed by atoms with Gasteiger partial charge in [-0.25, -0.2) is 0 Å². The lowest BCUT2D eigenvalue weighted by Crippen LogP contribution is -2.30. The zero-order valence-electron chi connectivity index (χ0n) is 12.2. The van der Waals surface area contributed by atoms with Gasteiger partial charge in [0.15, 0.2) is 0 Å². The van der Waals surface area contributed by atoms with E-state index in [-0.39, 0.29) is 0 Å². The van der Waals surface area contributed by atoms with Gasteiger partial charge in [-0.05, 0) is 19.1 Å². The molecular formula is C15H21N3O2. The van der Waals surface area contributed by atoms with Crippen molar-refractivity contribution in [1.82, 2.24) is 15.1 Å². The smallest absolute Gasteiger partial charge is 0.127 e. The first-order valence-electron chi connectivity index (χ1n) is 6.64. The standard InChI is InChI=1S/C15H21N3O2/c1-12(11-18-8-4-7-17-18)16-10-13-5-6-14(19-2)9-15(13)20-3/h4-9,12,16H,10-11H2,1-3H3/t12-/m1/s1. The molecule has 1 atom stereocenters. The predicted molar refractivity (Wildman–Crippen MR) is 78.1 cm³/mol. The molecule has 20 heavy (non-hydrogen) atoms. The van der Waals surface area contributed by atoms with Gasteiger partial charge in [0.1, 0.15) is 11.5 Å². The quantitative estimate of drug-likeness (QED) is 0.840. The van der Waals surface area contributed by atoms with E-state index >= 15 is 0 Å². The molecule has 1 aromatic carbocycles. The molecule has 0 bridgehead atoms. The van der Waals surface area contributed by atoms with E-state index in [0.29, 0.717) is 6.04 Å². The summed E-state index contributed by atoms with van der Waals surface area (Å²) in [6.45, 7) is 3.72. The average Bonchev–Trinajstić information content (AvgIpc) is 2.97. The van der Waals surface area contributed by atoms with Crippen LogP contribution in [0.15, 0.2) is 36.7 Å². The normalized spacial score (nSPS) is 12.2. The number of nitrogens with one attached hydrogen (secondary N) is 1. The molecule has 0 amide bonds. The summed E-state index contributed by atoms with van der Waals surface area (Å²) in [4.78, 5) is 0. The Morgan fingerprint density at radius 2 is 2.15 bits per heavy atom. The van der Waals surface area contributed by atoms with Crippen LogP contribution in [0.5, 0.6) is 11.5 Å². The van der Waals surface area contributed by atoms with E-state index in [1.54, 1.807) is 20.4 Å². The van der Waals surface area contributed by atoms with Crippen molar-refractivity contribution < 1.29 is 9.47 Å². The molecule has 2 rings (SSSR count). The molecule has 5 heteroatoms. The lowest BCUT2D eigenvalue weighted by molar-refractivity contribution is 0.386. The van der Waals surface area contributed by atoms with Crippen molar-refractivity contribution in [3.8, 4) is 11.5 Å². The summed E-state index contributed by atoms with van der Waals surface area (Å²) in [7, 11) is 3.32. The molecule has 5 nitrogen and oxygen atoms in total. The third-order valence-electron chi connectivity index (χ3n) is 3.16. The van der Waals surface area contributed by atoms with Gasteiger partial charge in [-0.3, -0.25) is 4.68 Å². The second-order valence-electron chi connectivity index (χ2n) is 4.69. The Labute approximate surface area is 119 Å². The number of hydrogen-bond acceptors (Lipinski definition) is 4. The highest BCUT2D eigenvalue weighted by molar-refractivity contribution is 5.40. The molecule has 0 fully saturated rings. The zero-order valence-corrected chi connectivity index (χ0v) is 12.2. The summed E-state index contributed by atoms with van der Waals surface area (Å²) >= 11 is 0. The molecule has 0 saturated carbocycles. The van der Waals surface area contributed by atoms with Crippen LogP contribution >= 0.6 is 0 Å². The molecular weight excluding hydrogens is 254 g/mol. The molecule has 0 aliphatic heterocycles. The van der Waals surface area contributed by atoms with Crippen molar-refractivity contribution in [2.75, 3.05) is 14.2 Å². The minimum Gasteiger partial charge on any atom is -0.497 e. The molecule has 0 saturated heterocycles. The number of methoxy groups -OCH3 is 2. The van der Waals surface area contributed by atoms with Gasteiger partial charge in [0, 0.05) is 36.6 Å². The van der Waals surface area contributed by atoms with Crippen molar-refractivity contribution >= 4 is 0 Å². The fourth-order valence-electron chi connectivity index (χ4n) is 2.04. The molecule has 0 radical (unpaired) electrons. The SMILES string of the molecule is COc1ccc(CN[C@H](C)Cn2cccn2)c(OC)c1. The summed E-state index contributed by atoms with van der Waals surface area (Å²) in [5, 5.41) is 7.67. The second-order valence-corrected chi connectivity index (χ2v) is 4.69. The number of ether oxygens (including phenoxy) is 2. The van der Waals surface area contributed by atoms with Crippen molar-refractivity contribution in [3.05, 3.63) is 42.2 Å². The first-order chi connectivity index (χ1) is 9.72. The van der Waals surface area contributed by atoms with Gasteiger partial charge in [0.25, 0.3) is 0 Å². The molecule has 0 unspecified atom stereocenters. The fraction of sp³-hybridized carbons (Fsp3) is 0.400. The van der Waals surface area contributed by atoms with E-state index in [4.69, 9.17) is 9.47 Å². The first kappa shape index (κ1) is 14.4. The van der Waals surface area contributed by atoms with Crippen LogP contribution in [-0.2, 0) is 13.1 Å². The molecule has 2 aromatic rings. The minimum absolute atomic E-state index is 0.321. The van der Waals surface area contributed by atoms with Crippen LogP contribution in [-0.4, -0.2) is 30.0 Å². The molecule has 0 spiro atoms. The number of aromatic nitrogens is 2. The Balaban J connectivity index is 1.93. The largest absolute Gasteiger partial charge is 0.497 e. The highest BCUT2D eigenvalue weighted by Gasteiger charge is 2.07. The third kappa shape index (κ3) is 3.74. The van der Waals surface area contributed by atoms with E-state index < -0.39 is 0 Å². The van der Waals surface area contributed by atoms with E-state index in [9.17, 15) is 0 Å². The molecule has 0 aliphatic rings. The van der Waals surface area contributed by atoms with Gasteiger partial charge in [-0.2, -0.15) is 5.10 Å². The topological polar surface area (TPSA) is 48.3 Å². The monoisotopic (exact) mass is 275 g/mol. The maximum absolute atomic E-state index is 5.39. The fourth-order valence-corrected chi connectivity index (χ4v) is 2.04. The maximum atomic E-state index is 5.39. The van der Waals surface area contributed by atoms with Crippen LogP contribution < -0.4 is 14.8 Å². The summed E-state index contributed by atoms with van der Waals surface area (Å²) < 4.78 is 12.5. The molecule has 108 valence electrons. The van der Waals surface area contributed by atoms with Crippen LogP contribution in [0.4, 0.5) is 0 Å². The molecule has 1 N–H and O–H groups in total. The lowest BCUT2D eigenvalue weighted by atomic mass is 10.1. The van der Waals surface area contributed by atoms with E-state index in [0.717, 1.165) is 30.2 Å². The summed E-state index contributed by atoms with van der Waals surface area (Å²) in [5.41, 5.74) is 1.11. The summed E-state index contributed by atoms with van der Waals surface area (Å²) in [5.74, 6) is 1.64. The van der Waals surface area contributed by atoms with Crippen molar-refractivity contribution in [2.24, 2.45) is 0 Å². The van der Waals surface area contributed by atoms with Gasteiger partial charge in [-0.1, -0.05) is 6.07 Å². The second kappa shape index (κ2) is 6.96. The maximum Gasteiger partial charge on any atom is 0.127 e. The Morgan fingerprint density at radius 1 is 1.30 bits per heavy atom. The number of rotatable bonds is 7. The van der Waals surface area contributed by atoms with E-state index in [1.807, 2.05) is 35.1 Å². The number of hydrogen-bond donors (Lipinski definition) is 1. The molecule has 1 aromatic heterocycles. The minimum atomic E-state index is 0.321. The Hall–Kier alpha value is -2.01. The Morgan fingerprint density at radius 3 is 2.80 bits per heavy atom. The van der Waals surface area contributed by atoms with Gasteiger partial charge in [-0.15, -0.1) is 0 Å². The summed E-state index contributed by atoms with van der Waals surface area (Å²) in [6, 6.07) is 8.11. The van der Waals surface area contributed by atoms with Crippen LogP contribution in [0, 0.1) is 0 Å². The van der Waals surface area contributed by atoms with Crippen LogP contribution in [0.2, 0.25) is 0 Å². The predicted octanol–water partition coefficient (Wildman–Crippen LogP) is 2.08. The van der Waals surface area contributed by atoms with Crippen LogP contribution in [0.25, 0.3) is 0 Å². The number of benzene rings is 1.